The van der Waals surface area contributed by atoms with E-state index >= 15 is 0 Å². The first-order valence-corrected chi connectivity index (χ1v) is 9.61. The summed E-state index contributed by atoms with van der Waals surface area (Å²) in [6.45, 7) is 1.17. The number of benzene rings is 1. The predicted octanol–water partition coefficient (Wildman–Crippen LogP) is 4.07. The summed E-state index contributed by atoms with van der Waals surface area (Å²) in [6.07, 6.45) is 4.15. The number of aromatic nitrogens is 2. The van der Waals surface area contributed by atoms with Crippen molar-refractivity contribution in [1.29, 1.82) is 0 Å². The molecule has 0 fully saturated rings. The van der Waals surface area contributed by atoms with Crippen molar-refractivity contribution in [2.45, 2.75) is 17.9 Å². The maximum Gasteiger partial charge on any atom is 0.233 e. The van der Waals surface area contributed by atoms with Crippen LogP contribution < -0.4 is 0 Å². The molecule has 0 unspecified atom stereocenters. The third-order valence-electron chi connectivity index (χ3n) is 4.31. The average molecular weight is 386 g/mol. The number of thioether (sulfide) groups is 1. The third kappa shape index (κ3) is 3.61. The number of amides is 1. The Morgan fingerprint density at radius 2 is 1.96 bits per heavy atom. The first-order chi connectivity index (χ1) is 12.7. The van der Waals surface area contributed by atoms with Crippen molar-refractivity contribution in [3.63, 3.8) is 0 Å². The molecule has 3 heterocycles. The van der Waals surface area contributed by atoms with Crippen molar-refractivity contribution in [3.05, 3.63) is 65.1 Å². The van der Waals surface area contributed by atoms with Gasteiger partial charge in [-0.1, -0.05) is 28.9 Å². The molecule has 0 saturated heterocycles. The lowest BCUT2D eigenvalue weighted by molar-refractivity contribution is -0.129. The fourth-order valence-corrected chi connectivity index (χ4v) is 3.84. The molecule has 2 aromatic heterocycles. The molecule has 3 aromatic rings. The number of rotatable bonds is 4. The van der Waals surface area contributed by atoms with Crippen molar-refractivity contribution in [2.24, 2.45) is 0 Å². The van der Waals surface area contributed by atoms with Crippen LogP contribution in [0.5, 0.6) is 0 Å². The zero-order valence-electron chi connectivity index (χ0n) is 13.9. The van der Waals surface area contributed by atoms with Gasteiger partial charge in [-0.05, 0) is 24.3 Å². The summed E-state index contributed by atoms with van der Waals surface area (Å²) in [4.78, 5) is 19.5. The zero-order valence-corrected chi connectivity index (χ0v) is 15.5. The Hall–Kier alpha value is -2.31. The van der Waals surface area contributed by atoms with E-state index in [0.29, 0.717) is 30.3 Å². The Bertz CT molecular complexity index is 912. The molecule has 0 atom stereocenters. The van der Waals surface area contributed by atoms with E-state index in [1.165, 1.54) is 11.8 Å². The third-order valence-corrected chi connectivity index (χ3v) is 5.56. The second-order valence-electron chi connectivity index (χ2n) is 5.98. The molecular formula is C19H16ClN3O2S. The summed E-state index contributed by atoms with van der Waals surface area (Å²) < 4.78 is 5.50. The monoisotopic (exact) mass is 385 g/mol. The second-order valence-corrected chi connectivity index (χ2v) is 7.46. The summed E-state index contributed by atoms with van der Waals surface area (Å²) in [7, 11) is 0. The van der Waals surface area contributed by atoms with E-state index in [-0.39, 0.29) is 5.91 Å². The lowest BCUT2D eigenvalue weighted by Gasteiger charge is -2.26. The molecule has 1 aliphatic rings. The van der Waals surface area contributed by atoms with Gasteiger partial charge in [0.25, 0.3) is 0 Å². The van der Waals surface area contributed by atoms with Gasteiger partial charge in [-0.3, -0.25) is 9.78 Å². The van der Waals surface area contributed by atoms with E-state index in [9.17, 15) is 4.79 Å². The molecule has 0 aliphatic carbocycles. The molecule has 4 rings (SSSR count). The van der Waals surface area contributed by atoms with Gasteiger partial charge in [0.2, 0.25) is 5.91 Å². The predicted molar refractivity (Wildman–Crippen MR) is 101 cm³/mol. The zero-order chi connectivity index (χ0) is 17.9. The van der Waals surface area contributed by atoms with Gasteiger partial charge in [-0.2, -0.15) is 0 Å². The van der Waals surface area contributed by atoms with Gasteiger partial charge in [0.15, 0.2) is 0 Å². The molecule has 0 spiro atoms. The standard InChI is InChI=1S/C19H16ClN3O2S/c20-14-3-1-13(2-4-14)19-16-11-23(10-7-17(16)25-22-19)18(24)12-26-15-5-8-21-9-6-15/h1-6,8-9H,7,10-12H2. The van der Waals surface area contributed by atoms with Crippen molar-refractivity contribution in [2.75, 3.05) is 12.3 Å². The number of carbonyl (C=O) groups excluding carboxylic acids is 1. The van der Waals surface area contributed by atoms with Crippen LogP contribution in [0.25, 0.3) is 11.3 Å². The molecule has 132 valence electrons. The van der Waals surface area contributed by atoms with E-state index < -0.39 is 0 Å². The van der Waals surface area contributed by atoms with Gasteiger partial charge in [-0.25, -0.2) is 0 Å². The van der Waals surface area contributed by atoms with Gasteiger partial charge in [0.05, 0.1) is 12.3 Å². The number of hydrogen-bond acceptors (Lipinski definition) is 5. The molecule has 1 amide bonds. The number of hydrogen-bond donors (Lipinski definition) is 0. The smallest absolute Gasteiger partial charge is 0.233 e. The molecular weight excluding hydrogens is 370 g/mol. The van der Waals surface area contributed by atoms with Crippen LogP contribution in [-0.2, 0) is 17.8 Å². The molecule has 1 aliphatic heterocycles. The van der Waals surface area contributed by atoms with E-state index in [0.717, 1.165) is 27.5 Å². The number of nitrogens with zero attached hydrogens (tertiary/aromatic N) is 3. The van der Waals surface area contributed by atoms with Crippen molar-refractivity contribution >= 4 is 29.3 Å². The van der Waals surface area contributed by atoms with Crippen LogP contribution in [-0.4, -0.2) is 33.2 Å². The van der Waals surface area contributed by atoms with E-state index in [1.807, 2.05) is 41.3 Å². The van der Waals surface area contributed by atoms with Crippen LogP contribution in [0.1, 0.15) is 11.3 Å². The van der Waals surface area contributed by atoms with Gasteiger partial charge < -0.3 is 9.42 Å². The summed E-state index contributed by atoms with van der Waals surface area (Å²) in [6, 6.07) is 11.3. The number of pyridine rings is 1. The van der Waals surface area contributed by atoms with Crippen molar-refractivity contribution in [1.82, 2.24) is 15.0 Å². The molecule has 7 heteroatoms. The summed E-state index contributed by atoms with van der Waals surface area (Å²) in [5, 5.41) is 4.89. The van der Waals surface area contributed by atoms with Gasteiger partial charge in [0.1, 0.15) is 11.5 Å². The summed E-state index contributed by atoms with van der Waals surface area (Å²) >= 11 is 7.49. The first kappa shape index (κ1) is 17.1. The topological polar surface area (TPSA) is 59.2 Å². The molecule has 0 bridgehead atoms. The SMILES string of the molecule is O=C(CSc1ccncc1)N1CCc2onc(-c3ccc(Cl)cc3)c2C1. The van der Waals surface area contributed by atoms with Crippen molar-refractivity contribution in [3.8, 4) is 11.3 Å². The lowest BCUT2D eigenvalue weighted by atomic mass is 10.0. The molecule has 5 nitrogen and oxygen atoms in total. The Morgan fingerprint density at radius 3 is 2.73 bits per heavy atom. The minimum Gasteiger partial charge on any atom is -0.360 e. The maximum atomic E-state index is 12.6. The maximum absolute atomic E-state index is 12.6. The van der Waals surface area contributed by atoms with Crippen LogP contribution in [0.2, 0.25) is 5.02 Å². The minimum atomic E-state index is 0.112. The fourth-order valence-electron chi connectivity index (χ4n) is 2.93. The number of halogens is 1. The Kier molecular flexibility index (Phi) is 4.95. The normalized spacial score (nSPS) is 13.5. The van der Waals surface area contributed by atoms with E-state index in [1.54, 1.807) is 12.4 Å². The van der Waals surface area contributed by atoms with Crippen LogP contribution >= 0.6 is 23.4 Å². The molecule has 0 saturated carbocycles. The van der Waals surface area contributed by atoms with Crippen molar-refractivity contribution < 1.29 is 9.32 Å². The van der Waals surface area contributed by atoms with Gasteiger partial charge >= 0.3 is 0 Å². The van der Waals surface area contributed by atoms with Gasteiger partial charge in [-0.15, -0.1) is 11.8 Å². The Balaban J connectivity index is 1.47. The van der Waals surface area contributed by atoms with Gasteiger partial charge in [0, 0.05) is 46.4 Å². The quantitative estimate of drug-likeness (QED) is 0.633. The number of fused-ring (bicyclic) bond motifs is 1. The molecule has 0 radical (unpaired) electrons. The lowest BCUT2D eigenvalue weighted by Crippen LogP contribution is -2.36. The summed E-state index contributed by atoms with van der Waals surface area (Å²) in [5.74, 6) is 1.38. The highest BCUT2D eigenvalue weighted by atomic mass is 35.5. The average Bonchev–Trinajstić information content (AvgIpc) is 3.11. The Labute approximate surface area is 160 Å². The molecule has 0 N–H and O–H groups in total. The largest absolute Gasteiger partial charge is 0.360 e. The van der Waals surface area contributed by atoms with E-state index in [2.05, 4.69) is 10.1 Å². The van der Waals surface area contributed by atoms with Crippen LogP contribution in [0.3, 0.4) is 0 Å². The summed E-state index contributed by atoms with van der Waals surface area (Å²) in [5.41, 5.74) is 2.72. The van der Waals surface area contributed by atoms with E-state index in [4.69, 9.17) is 16.1 Å². The first-order valence-electron chi connectivity index (χ1n) is 8.24. The molecule has 26 heavy (non-hydrogen) atoms. The number of carbonyl (C=O) groups is 1. The highest BCUT2D eigenvalue weighted by molar-refractivity contribution is 8.00. The highest BCUT2D eigenvalue weighted by Crippen LogP contribution is 2.31. The van der Waals surface area contributed by atoms with Crippen LogP contribution in [0, 0.1) is 0 Å². The van der Waals surface area contributed by atoms with Crippen LogP contribution in [0.4, 0.5) is 0 Å². The fraction of sp³-hybridized carbons (Fsp3) is 0.211. The van der Waals surface area contributed by atoms with Crippen LogP contribution in [0.15, 0.2) is 58.2 Å². The highest BCUT2D eigenvalue weighted by Gasteiger charge is 2.27. The second kappa shape index (κ2) is 7.51. The minimum absolute atomic E-state index is 0.112. The Morgan fingerprint density at radius 1 is 1.19 bits per heavy atom. The molecule has 1 aromatic carbocycles.